The summed E-state index contributed by atoms with van der Waals surface area (Å²) in [5.74, 6) is 0.487. The van der Waals surface area contributed by atoms with Crippen LogP contribution in [0.25, 0.3) is 6.08 Å². The van der Waals surface area contributed by atoms with Gasteiger partial charge in [-0.15, -0.1) is 0 Å². The maximum Gasteiger partial charge on any atom is 0.239 e. The topological polar surface area (TPSA) is 48.5 Å². The van der Waals surface area contributed by atoms with Crippen LogP contribution in [0.3, 0.4) is 0 Å². The lowest BCUT2D eigenvalue weighted by molar-refractivity contribution is -0.117. The summed E-state index contributed by atoms with van der Waals surface area (Å²) in [7, 11) is 0. The predicted octanol–water partition coefficient (Wildman–Crippen LogP) is 3.00. The van der Waals surface area contributed by atoms with Gasteiger partial charge in [0.05, 0.1) is 11.6 Å². The molecular weight excluding hydrogens is 348 g/mol. The van der Waals surface area contributed by atoms with Crippen LogP contribution in [0.4, 0.5) is 5.82 Å². The van der Waals surface area contributed by atoms with Gasteiger partial charge in [-0.25, -0.2) is 4.98 Å². The first-order chi connectivity index (χ1) is 12.7. The van der Waals surface area contributed by atoms with E-state index in [1.54, 1.807) is 12.1 Å². The van der Waals surface area contributed by atoms with E-state index in [1.807, 2.05) is 18.2 Å². The zero-order valence-electron chi connectivity index (χ0n) is 14.6. The van der Waals surface area contributed by atoms with Crippen LogP contribution in [0.1, 0.15) is 5.56 Å². The summed E-state index contributed by atoms with van der Waals surface area (Å²) in [4.78, 5) is 20.8. The summed E-state index contributed by atoms with van der Waals surface area (Å²) in [6.07, 6.45) is 5.88. The third-order valence-corrected chi connectivity index (χ3v) is 4.52. The molecule has 5 nitrogen and oxygen atoms in total. The Morgan fingerprint density at radius 2 is 1.81 bits per heavy atom. The molecule has 1 aromatic heterocycles. The van der Waals surface area contributed by atoms with Crippen LogP contribution in [-0.4, -0.2) is 60.0 Å². The highest BCUT2D eigenvalue weighted by atomic mass is 35.5. The molecule has 0 unspecified atom stereocenters. The van der Waals surface area contributed by atoms with Crippen LogP contribution in [0, 0.1) is 0 Å². The first kappa shape index (κ1) is 18.6. The molecule has 0 bridgehead atoms. The second-order valence-electron chi connectivity index (χ2n) is 6.30. The van der Waals surface area contributed by atoms with Crippen molar-refractivity contribution in [1.29, 1.82) is 0 Å². The van der Waals surface area contributed by atoms with Crippen LogP contribution in [0.15, 0.2) is 54.7 Å². The number of rotatable bonds is 6. The van der Waals surface area contributed by atoms with Gasteiger partial charge in [0.15, 0.2) is 0 Å². The summed E-state index contributed by atoms with van der Waals surface area (Å²) in [6.45, 7) is 5.03. The zero-order chi connectivity index (χ0) is 18.2. The van der Waals surface area contributed by atoms with Crippen molar-refractivity contribution in [2.24, 2.45) is 0 Å². The third-order valence-electron chi connectivity index (χ3n) is 4.30. The van der Waals surface area contributed by atoms with E-state index >= 15 is 0 Å². The van der Waals surface area contributed by atoms with Gasteiger partial charge in [-0.2, -0.15) is 0 Å². The minimum absolute atomic E-state index is 0.0442. The van der Waals surface area contributed by atoms with Gasteiger partial charge in [0.1, 0.15) is 5.82 Å². The average Bonchev–Trinajstić information content (AvgIpc) is 2.66. The van der Waals surface area contributed by atoms with Gasteiger partial charge < -0.3 is 5.32 Å². The van der Waals surface area contributed by atoms with Crippen molar-refractivity contribution in [2.75, 3.05) is 44.6 Å². The molecule has 26 heavy (non-hydrogen) atoms. The Bertz CT molecular complexity index is 725. The molecule has 2 heterocycles. The van der Waals surface area contributed by atoms with Gasteiger partial charge in [0.25, 0.3) is 0 Å². The van der Waals surface area contributed by atoms with E-state index in [0.29, 0.717) is 17.4 Å². The third kappa shape index (κ3) is 5.95. The minimum Gasteiger partial charge on any atom is -0.310 e. The number of aromatic nitrogens is 1. The average molecular weight is 371 g/mol. The number of carbonyl (C=O) groups is 1. The Labute approximate surface area is 159 Å². The number of amides is 1. The van der Waals surface area contributed by atoms with Crippen molar-refractivity contribution in [2.45, 2.75) is 0 Å². The molecule has 0 aliphatic carbocycles. The molecule has 1 aromatic carbocycles. The highest BCUT2D eigenvalue weighted by Gasteiger charge is 2.18. The lowest BCUT2D eigenvalue weighted by Crippen LogP contribution is -2.48. The summed E-state index contributed by atoms with van der Waals surface area (Å²) < 4.78 is 0. The molecule has 1 amide bonds. The quantitative estimate of drug-likeness (QED) is 0.849. The highest BCUT2D eigenvalue weighted by molar-refractivity contribution is 6.30. The Morgan fingerprint density at radius 3 is 2.50 bits per heavy atom. The van der Waals surface area contributed by atoms with Crippen molar-refractivity contribution in [3.8, 4) is 0 Å². The van der Waals surface area contributed by atoms with Crippen molar-refractivity contribution in [1.82, 2.24) is 14.8 Å². The van der Waals surface area contributed by atoms with E-state index in [-0.39, 0.29) is 5.91 Å². The molecule has 1 aliphatic rings. The molecule has 136 valence electrons. The maximum absolute atomic E-state index is 12.1. The minimum atomic E-state index is -0.0442. The standard InChI is InChI=1S/C20H23ClN4O/c21-18-8-9-19(22-15-18)23-20(26)16-25-13-11-24(12-14-25)10-4-7-17-5-2-1-3-6-17/h1-9,15H,10-14,16H2,(H,22,23,26)/b7-4+. The smallest absolute Gasteiger partial charge is 0.239 e. The maximum atomic E-state index is 12.1. The normalized spacial score (nSPS) is 16.0. The number of hydrogen-bond donors (Lipinski definition) is 1. The second-order valence-corrected chi connectivity index (χ2v) is 6.74. The summed E-state index contributed by atoms with van der Waals surface area (Å²) in [5.41, 5.74) is 1.22. The molecule has 1 N–H and O–H groups in total. The first-order valence-electron chi connectivity index (χ1n) is 8.77. The van der Waals surface area contributed by atoms with Crippen molar-refractivity contribution in [3.63, 3.8) is 0 Å². The van der Waals surface area contributed by atoms with E-state index in [9.17, 15) is 4.79 Å². The van der Waals surface area contributed by atoms with Gasteiger partial charge >= 0.3 is 0 Å². The van der Waals surface area contributed by atoms with Crippen LogP contribution in [0.5, 0.6) is 0 Å². The lowest BCUT2D eigenvalue weighted by Gasteiger charge is -2.33. The van der Waals surface area contributed by atoms with Gasteiger partial charge in [-0.1, -0.05) is 54.1 Å². The monoisotopic (exact) mass is 370 g/mol. The van der Waals surface area contributed by atoms with Crippen LogP contribution in [0.2, 0.25) is 5.02 Å². The van der Waals surface area contributed by atoms with Crippen molar-refractivity contribution in [3.05, 3.63) is 65.3 Å². The fourth-order valence-electron chi connectivity index (χ4n) is 2.87. The molecule has 1 aliphatic heterocycles. The first-order valence-corrected chi connectivity index (χ1v) is 9.14. The molecule has 0 atom stereocenters. The number of halogens is 1. The van der Waals surface area contributed by atoms with Crippen LogP contribution < -0.4 is 5.32 Å². The molecule has 2 aromatic rings. The van der Waals surface area contributed by atoms with Gasteiger partial charge in [-0.3, -0.25) is 14.6 Å². The highest BCUT2D eigenvalue weighted by Crippen LogP contribution is 2.10. The van der Waals surface area contributed by atoms with E-state index in [4.69, 9.17) is 11.6 Å². The Hall–Kier alpha value is -2.21. The van der Waals surface area contributed by atoms with E-state index in [1.165, 1.54) is 11.8 Å². The molecule has 0 radical (unpaired) electrons. The van der Waals surface area contributed by atoms with E-state index < -0.39 is 0 Å². The van der Waals surface area contributed by atoms with Crippen molar-refractivity contribution >= 4 is 29.4 Å². The molecule has 3 rings (SSSR count). The molecule has 0 saturated carbocycles. The largest absolute Gasteiger partial charge is 0.310 e. The number of anilines is 1. The Balaban J connectivity index is 1.37. The summed E-state index contributed by atoms with van der Waals surface area (Å²) >= 11 is 5.80. The number of piperazine rings is 1. The fraction of sp³-hybridized carbons (Fsp3) is 0.300. The zero-order valence-corrected chi connectivity index (χ0v) is 15.4. The molecule has 6 heteroatoms. The number of hydrogen-bond acceptors (Lipinski definition) is 4. The predicted molar refractivity (Wildman–Crippen MR) is 106 cm³/mol. The van der Waals surface area contributed by atoms with Gasteiger partial charge in [0.2, 0.25) is 5.91 Å². The van der Waals surface area contributed by atoms with Crippen LogP contribution in [-0.2, 0) is 4.79 Å². The van der Waals surface area contributed by atoms with Gasteiger partial charge in [-0.05, 0) is 17.7 Å². The number of nitrogens with one attached hydrogen (secondary N) is 1. The second kappa shape index (κ2) is 9.48. The van der Waals surface area contributed by atoms with Gasteiger partial charge in [0, 0.05) is 38.9 Å². The van der Waals surface area contributed by atoms with E-state index in [0.717, 1.165) is 32.7 Å². The number of benzene rings is 1. The number of nitrogens with zero attached hydrogens (tertiary/aromatic N) is 3. The fourth-order valence-corrected chi connectivity index (χ4v) is 2.98. The number of carbonyl (C=O) groups excluding carboxylic acids is 1. The number of pyridine rings is 1. The Kier molecular flexibility index (Phi) is 6.77. The Morgan fingerprint density at radius 1 is 1.08 bits per heavy atom. The molecular formula is C20H23ClN4O. The van der Waals surface area contributed by atoms with Crippen molar-refractivity contribution < 1.29 is 4.79 Å². The van der Waals surface area contributed by atoms with E-state index in [2.05, 4.69) is 44.4 Å². The molecule has 1 fully saturated rings. The lowest BCUT2D eigenvalue weighted by atomic mass is 10.2. The summed E-state index contributed by atoms with van der Waals surface area (Å²) in [6, 6.07) is 13.7. The molecule has 1 saturated heterocycles. The van der Waals surface area contributed by atoms with Crippen LogP contribution >= 0.6 is 11.6 Å². The molecule has 0 spiro atoms. The SMILES string of the molecule is O=C(CN1CCN(C/C=C/c2ccccc2)CC1)Nc1ccc(Cl)cn1. The summed E-state index contributed by atoms with van der Waals surface area (Å²) in [5, 5.41) is 3.36.